The molecule has 2 unspecified atom stereocenters. The van der Waals surface area contributed by atoms with Gasteiger partial charge in [-0.3, -0.25) is 4.79 Å². The van der Waals surface area contributed by atoms with Gasteiger partial charge in [0.05, 0.1) is 0 Å². The normalized spacial score (nSPS) is 23.6. The molecule has 0 saturated carbocycles. The smallest absolute Gasteiger partial charge is 0.144 e. The minimum absolute atomic E-state index is 0.0122. The van der Waals surface area contributed by atoms with Crippen molar-refractivity contribution in [2.24, 2.45) is 11.7 Å². The van der Waals surface area contributed by atoms with E-state index in [0.29, 0.717) is 12.8 Å². The van der Waals surface area contributed by atoms with Gasteiger partial charge in [-0.2, -0.15) is 0 Å². The SMILES string of the molecule is NC1C=CC(C(=O)Cc2cccc(O)c2)C1. The molecule has 2 rings (SSSR count). The Kier molecular flexibility index (Phi) is 3.06. The second-order valence-electron chi connectivity index (χ2n) is 4.20. The van der Waals surface area contributed by atoms with Crippen LogP contribution >= 0.6 is 0 Å². The van der Waals surface area contributed by atoms with Crippen molar-refractivity contribution in [3.05, 3.63) is 42.0 Å². The number of phenolic OH excluding ortho intramolecular Hbond substituents is 1. The maximum Gasteiger partial charge on any atom is 0.144 e. The third-order valence-corrected chi connectivity index (χ3v) is 2.82. The van der Waals surface area contributed by atoms with Crippen molar-refractivity contribution >= 4 is 5.78 Å². The van der Waals surface area contributed by atoms with Crippen LogP contribution in [0.15, 0.2) is 36.4 Å². The summed E-state index contributed by atoms with van der Waals surface area (Å²) in [6.07, 6.45) is 4.83. The lowest BCUT2D eigenvalue weighted by atomic mass is 9.97. The van der Waals surface area contributed by atoms with E-state index in [-0.39, 0.29) is 23.5 Å². The van der Waals surface area contributed by atoms with Gasteiger partial charge in [0.1, 0.15) is 11.5 Å². The predicted octanol–water partition coefficient (Wildman–Crippen LogP) is 1.41. The Morgan fingerprint density at radius 3 is 2.88 bits per heavy atom. The van der Waals surface area contributed by atoms with Crippen LogP contribution in [0.2, 0.25) is 0 Å². The maximum atomic E-state index is 11.9. The molecule has 1 aromatic carbocycles. The van der Waals surface area contributed by atoms with Gasteiger partial charge in [0, 0.05) is 18.4 Å². The minimum Gasteiger partial charge on any atom is -0.508 e. The van der Waals surface area contributed by atoms with Gasteiger partial charge in [-0.25, -0.2) is 0 Å². The number of phenols is 1. The summed E-state index contributed by atoms with van der Waals surface area (Å²) in [6, 6.07) is 6.82. The molecule has 3 N–H and O–H groups in total. The Morgan fingerprint density at radius 1 is 1.44 bits per heavy atom. The minimum atomic E-state index is -0.0580. The number of benzene rings is 1. The summed E-state index contributed by atoms with van der Waals surface area (Å²) < 4.78 is 0. The fourth-order valence-corrected chi connectivity index (χ4v) is 1.96. The number of carbonyl (C=O) groups excluding carboxylic acids is 1. The zero-order valence-corrected chi connectivity index (χ0v) is 8.97. The number of carbonyl (C=O) groups is 1. The van der Waals surface area contributed by atoms with Crippen molar-refractivity contribution in [1.82, 2.24) is 0 Å². The number of rotatable bonds is 3. The van der Waals surface area contributed by atoms with Crippen molar-refractivity contribution in [3.8, 4) is 5.75 Å². The molecule has 1 aromatic rings. The van der Waals surface area contributed by atoms with E-state index in [4.69, 9.17) is 5.73 Å². The van der Waals surface area contributed by atoms with E-state index in [0.717, 1.165) is 5.56 Å². The first-order chi connectivity index (χ1) is 7.65. The summed E-state index contributed by atoms with van der Waals surface area (Å²) in [5.74, 6) is 0.302. The molecule has 84 valence electrons. The molecule has 0 saturated heterocycles. The second kappa shape index (κ2) is 4.49. The summed E-state index contributed by atoms with van der Waals surface area (Å²) in [5.41, 5.74) is 6.55. The fourth-order valence-electron chi connectivity index (χ4n) is 1.96. The van der Waals surface area contributed by atoms with Crippen LogP contribution in [-0.2, 0) is 11.2 Å². The molecule has 0 fully saturated rings. The first-order valence-corrected chi connectivity index (χ1v) is 5.39. The van der Waals surface area contributed by atoms with Crippen LogP contribution in [0.5, 0.6) is 5.75 Å². The Labute approximate surface area is 94.6 Å². The van der Waals surface area contributed by atoms with Gasteiger partial charge < -0.3 is 10.8 Å². The zero-order valence-electron chi connectivity index (χ0n) is 8.97. The Balaban J connectivity index is 2.00. The number of aromatic hydroxyl groups is 1. The molecule has 0 aromatic heterocycles. The van der Waals surface area contributed by atoms with Crippen LogP contribution in [0.4, 0.5) is 0 Å². The van der Waals surface area contributed by atoms with Gasteiger partial charge in [-0.1, -0.05) is 24.3 Å². The van der Waals surface area contributed by atoms with Crippen LogP contribution in [0, 0.1) is 5.92 Å². The van der Waals surface area contributed by atoms with Gasteiger partial charge in [0.2, 0.25) is 0 Å². The largest absolute Gasteiger partial charge is 0.508 e. The Morgan fingerprint density at radius 2 is 2.25 bits per heavy atom. The van der Waals surface area contributed by atoms with Crippen LogP contribution < -0.4 is 5.73 Å². The van der Waals surface area contributed by atoms with E-state index in [1.54, 1.807) is 18.2 Å². The molecule has 0 bridgehead atoms. The lowest BCUT2D eigenvalue weighted by Crippen LogP contribution is -2.20. The molecule has 3 nitrogen and oxygen atoms in total. The first-order valence-electron chi connectivity index (χ1n) is 5.39. The Hall–Kier alpha value is -1.61. The van der Waals surface area contributed by atoms with Crippen LogP contribution in [0.25, 0.3) is 0 Å². The first kappa shape index (κ1) is 10.9. The van der Waals surface area contributed by atoms with E-state index in [1.165, 1.54) is 0 Å². The summed E-state index contributed by atoms with van der Waals surface area (Å²) in [4.78, 5) is 11.9. The predicted molar refractivity (Wildman–Crippen MR) is 62.0 cm³/mol. The van der Waals surface area contributed by atoms with E-state index in [1.807, 2.05) is 18.2 Å². The molecule has 0 amide bonds. The van der Waals surface area contributed by atoms with E-state index < -0.39 is 0 Å². The average Bonchev–Trinajstić information content (AvgIpc) is 2.65. The highest BCUT2D eigenvalue weighted by atomic mass is 16.3. The number of nitrogens with two attached hydrogens (primary N) is 1. The van der Waals surface area contributed by atoms with Gasteiger partial charge in [0.15, 0.2) is 0 Å². The molecule has 0 spiro atoms. The lowest BCUT2D eigenvalue weighted by Gasteiger charge is -2.08. The van der Waals surface area contributed by atoms with Crippen molar-refractivity contribution in [2.45, 2.75) is 18.9 Å². The highest BCUT2D eigenvalue weighted by molar-refractivity contribution is 5.85. The maximum absolute atomic E-state index is 11.9. The zero-order chi connectivity index (χ0) is 11.5. The number of allylic oxidation sites excluding steroid dienone is 1. The highest BCUT2D eigenvalue weighted by Gasteiger charge is 2.22. The fraction of sp³-hybridized carbons (Fsp3) is 0.308. The summed E-state index contributed by atoms with van der Waals surface area (Å²) in [6.45, 7) is 0. The van der Waals surface area contributed by atoms with Crippen LogP contribution in [0.3, 0.4) is 0 Å². The lowest BCUT2D eigenvalue weighted by molar-refractivity contribution is -0.120. The number of Topliss-reactive ketones (excluding diaryl/α,β-unsaturated/α-hetero) is 1. The van der Waals surface area contributed by atoms with E-state index in [2.05, 4.69) is 0 Å². The molecule has 1 aliphatic rings. The molecule has 2 atom stereocenters. The summed E-state index contributed by atoms with van der Waals surface area (Å²) in [5, 5.41) is 9.29. The molecule has 16 heavy (non-hydrogen) atoms. The van der Waals surface area contributed by atoms with E-state index >= 15 is 0 Å². The number of ketones is 1. The van der Waals surface area contributed by atoms with Crippen molar-refractivity contribution in [2.75, 3.05) is 0 Å². The molecular formula is C13H15NO2. The quantitative estimate of drug-likeness (QED) is 0.752. The van der Waals surface area contributed by atoms with Crippen molar-refractivity contribution < 1.29 is 9.90 Å². The third-order valence-electron chi connectivity index (χ3n) is 2.82. The Bertz CT molecular complexity index is 426. The molecular weight excluding hydrogens is 202 g/mol. The van der Waals surface area contributed by atoms with Gasteiger partial charge >= 0.3 is 0 Å². The molecule has 1 aliphatic carbocycles. The van der Waals surface area contributed by atoms with E-state index in [9.17, 15) is 9.90 Å². The van der Waals surface area contributed by atoms with Crippen LogP contribution in [0.1, 0.15) is 12.0 Å². The molecule has 0 radical (unpaired) electrons. The van der Waals surface area contributed by atoms with Crippen molar-refractivity contribution in [1.29, 1.82) is 0 Å². The summed E-state index contributed by atoms with van der Waals surface area (Å²) in [7, 11) is 0. The molecule has 3 heteroatoms. The number of hydrogen-bond donors (Lipinski definition) is 2. The van der Waals surface area contributed by atoms with Gasteiger partial charge in [-0.05, 0) is 24.1 Å². The molecule has 0 aliphatic heterocycles. The summed E-state index contributed by atoms with van der Waals surface area (Å²) >= 11 is 0. The molecule has 0 heterocycles. The van der Waals surface area contributed by atoms with Gasteiger partial charge in [0.25, 0.3) is 0 Å². The highest BCUT2D eigenvalue weighted by Crippen LogP contribution is 2.20. The topological polar surface area (TPSA) is 63.3 Å². The standard InChI is InChI=1S/C13H15NO2/c14-11-5-4-10(8-11)13(16)7-9-2-1-3-12(15)6-9/h1-6,10-11,15H,7-8,14H2. The number of hydrogen-bond acceptors (Lipinski definition) is 3. The van der Waals surface area contributed by atoms with Gasteiger partial charge in [-0.15, -0.1) is 0 Å². The monoisotopic (exact) mass is 217 g/mol. The third kappa shape index (κ3) is 2.49. The van der Waals surface area contributed by atoms with Crippen molar-refractivity contribution in [3.63, 3.8) is 0 Å². The second-order valence-corrected chi connectivity index (χ2v) is 4.20. The average molecular weight is 217 g/mol. The van der Waals surface area contributed by atoms with Crippen LogP contribution in [-0.4, -0.2) is 16.9 Å².